The molecule has 1 saturated heterocycles. The van der Waals surface area contributed by atoms with Crippen LogP contribution in [0.2, 0.25) is 0 Å². The van der Waals surface area contributed by atoms with E-state index in [1.165, 1.54) is 22.3 Å². The number of piperazine rings is 1. The molecule has 0 spiro atoms. The first-order chi connectivity index (χ1) is 8.98. The minimum Gasteiger partial charge on any atom is -0.489 e. The normalized spacial score (nSPS) is 25.0. The Morgan fingerprint density at radius 2 is 2.16 bits per heavy atom. The fourth-order valence-corrected chi connectivity index (χ4v) is 3.13. The molecule has 0 aromatic heterocycles. The van der Waals surface area contributed by atoms with Crippen molar-refractivity contribution in [3.63, 3.8) is 0 Å². The van der Waals surface area contributed by atoms with Crippen LogP contribution in [0.1, 0.15) is 42.1 Å². The standard InChI is InChI=1S/C16H22N2O/c1-10-12(15-7-17-9-16(3,4)18-15)5-6-13-11(2)19-8-14(10)13/h5-6,15,17-18H,2,7-9H2,1,3-4H3. The second kappa shape index (κ2) is 4.36. The average Bonchev–Trinajstić information content (AvgIpc) is 2.71. The van der Waals surface area contributed by atoms with Gasteiger partial charge in [-0.05, 0) is 31.9 Å². The Morgan fingerprint density at radius 1 is 1.37 bits per heavy atom. The van der Waals surface area contributed by atoms with Crippen LogP contribution in [0.4, 0.5) is 0 Å². The zero-order chi connectivity index (χ0) is 13.6. The van der Waals surface area contributed by atoms with Crippen LogP contribution in [-0.4, -0.2) is 18.6 Å². The molecule has 0 radical (unpaired) electrons. The van der Waals surface area contributed by atoms with Gasteiger partial charge in [-0.1, -0.05) is 18.7 Å². The van der Waals surface area contributed by atoms with Crippen LogP contribution in [0, 0.1) is 6.92 Å². The molecule has 3 rings (SSSR count). The molecule has 0 aliphatic carbocycles. The highest BCUT2D eigenvalue weighted by Crippen LogP contribution is 2.34. The number of hydrogen-bond donors (Lipinski definition) is 2. The van der Waals surface area contributed by atoms with Gasteiger partial charge in [-0.25, -0.2) is 0 Å². The van der Waals surface area contributed by atoms with E-state index >= 15 is 0 Å². The predicted molar refractivity (Wildman–Crippen MR) is 77.8 cm³/mol. The first-order valence-electron chi connectivity index (χ1n) is 6.91. The summed E-state index contributed by atoms with van der Waals surface area (Å²) in [6.07, 6.45) is 0. The van der Waals surface area contributed by atoms with Crippen molar-refractivity contribution in [2.75, 3.05) is 13.1 Å². The first-order valence-corrected chi connectivity index (χ1v) is 6.91. The van der Waals surface area contributed by atoms with Crippen molar-refractivity contribution in [3.8, 4) is 0 Å². The second-order valence-corrected chi connectivity index (χ2v) is 6.23. The molecule has 1 aromatic rings. The number of nitrogens with one attached hydrogen (secondary N) is 2. The van der Waals surface area contributed by atoms with Crippen molar-refractivity contribution < 1.29 is 4.74 Å². The van der Waals surface area contributed by atoms with Gasteiger partial charge in [0.2, 0.25) is 0 Å². The van der Waals surface area contributed by atoms with E-state index in [0.717, 1.165) is 18.8 Å². The zero-order valence-corrected chi connectivity index (χ0v) is 12.0. The van der Waals surface area contributed by atoms with Crippen LogP contribution in [-0.2, 0) is 11.3 Å². The van der Waals surface area contributed by atoms with E-state index in [1.54, 1.807) is 0 Å². The maximum Gasteiger partial charge on any atom is 0.120 e. The molecule has 1 unspecified atom stereocenters. The first kappa shape index (κ1) is 12.7. The minimum atomic E-state index is 0.133. The van der Waals surface area contributed by atoms with Crippen LogP contribution < -0.4 is 10.6 Å². The summed E-state index contributed by atoms with van der Waals surface area (Å²) in [4.78, 5) is 0. The van der Waals surface area contributed by atoms with Crippen LogP contribution in [0.5, 0.6) is 0 Å². The molecule has 0 saturated carbocycles. The third kappa shape index (κ3) is 2.17. The van der Waals surface area contributed by atoms with Gasteiger partial charge in [0.25, 0.3) is 0 Å². The number of hydrogen-bond acceptors (Lipinski definition) is 3. The molecule has 19 heavy (non-hydrogen) atoms. The smallest absolute Gasteiger partial charge is 0.120 e. The average molecular weight is 258 g/mol. The Bertz CT molecular complexity index is 534. The molecule has 2 aliphatic rings. The Morgan fingerprint density at radius 3 is 2.89 bits per heavy atom. The SMILES string of the molecule is C=C1OCc2c1ccc(C1CNCC(C)(C)N1)c2C. The van der Waals surface area contributed by atoms with E-state index < -0.39 is 0 Å². The summed E-state index contributed by atoms with van der Waals surface area (Å²) in [5.41, 5.74) is 5.32. The summed E-state index contributed by atoms with van der Waals surface area (Å²) >= 11 is 0. The summed E-state index contributed by atoms with van der Waals surface area (Å²) in [5.74, 6) is 0.805. The summed E-state index contributed by atoms with van der Waals surface area (Å²) in [6, 6.07) is 4.73. The molecule has 1 atom stereocenters. The van der Waals surface area contributed by atoms with Crippen LogP contribution in [0.15, 0.2) is 18.7 Å². The molecule has 3 nitrogen and oxygen atoms in total. The molecule has 0 bridgehead atoms. The van der Waals surface area contributed by atoms with Gasteiger partial charge in [0, 0.05) is 35.8 Å². The topological polar surface area (TPSA) is 33.3 Å². The monoisotopic (exact) mass is 258 g/mol. The van der Waals surface area contributed by atoms with E-state index in [-0.39, 0.29) is 5.54 Å². The van der Waals surface area contributed by atoms with Crippen molar-refractivity contribution in [2.24, 2.45) is 0 Å². The van der Waals surface area contributed by atoms with E-state index in [2.05, 4.69) is 50.1 Å². The highest BCUT2D eigenvalue weighted by molar-refractivity contribution is 5.66. The summed E-state index contributed by atoms with van der Waals surface area (Å²) in [6.45, 7) is 13.3. The molecule has 1 fully saturated rings. The zero-order valence-electron chi connectivity index (χ0n) is 12.0. The lowest BCUT2D eigenvalue weighted by Crippen LogP contribution is -2.56. The second-order valence-electron chi connectivity index (χ2n) is 6.23. The third-order valence-corrected chi connectivity index (χ3v) is 4.19. The Kier molecular flexibility index (Phi) is 2.91. The maximum absolute atomic E-state index is 5.56. The lowest BCUT2D eigenvalue weighted by molar-refractivity contribution is 0.263. The Hall–Kier alpha value is -1.32. The third-order valence-electron chi connectivity index (χ3n) is 4.19. The van der Waals surface area contributed by atoms with Crippen LogP contribution in [0.25, 0.3) is 5.76 Å². The van der Waals surface area contributed by atoms with Gasteiger partial charge in [0.15, 0.2) is 0 Å². The van der Waals surface area contributed by atoms with Crippen molar-refractivity contribution in [1.29, 1.82) is 0 Å². The molecule has 2 heterocycles. The summed E-state index contributed by atoms with van der Waals surface area (Å²) in [5, 5.41) is 7.24. The highest BCUT2D eigenvalue weighted by Gasteiger charge is 2.30. The van der Waals surface area contributed by atoms with E-state index in [4.69, 9.17) is 4.74 Å². The minimum absolute atomic E-state index is 0.133. The Balaban J connectivity index is 1.96. The fraction of sp³-hybridized carbons (Fsp3) is 0.500. The molecule has 102 valence electrons. The van der Waals surface area contributed by atoms with Crippen LogP contribution >= 0.6 is 0 Å². The molecule has 3 heteroatoms. The van der Waals surface area contributed by atoms with Gasteiger partial charge in [-0.2, -0.15) is 0 Å². The molecule has 2 N–H and O–H groups in total. The maximum atomic E-state index is 5.56. The van der Waals surface area contributed by atoms with E-state index in [0.29, 0.717) is 12.6 Å². The highest BCUT2D eigenvalue weighted by atomic mass is 16.5. The molecule has 2 aliphatic heterocycles. The van der Waals surface area contributed by atoms with E-state index in [1.807, 2.05) is 0 Å². The van der Waals surface area contributed by atoms with Crippen molar-refractivity contribution in [3.05, 3.63) is 41.0 Å². The summed E-state index contributed by atoms with van der Waals surface area (Å²) in [7, 11) is 0. The van der Waals surface area contributed by atoms with Crippen molar-refractivity contribution in [1.82, 2.24) is 10.6 Å². The van der Waals surface area contributed by atoms with Crippen molar-refractivity contribution in [2.45, 2.75) is 39.0 Å². The van der Waals surface area contributed by atoms with Gasteiger partial charge in [0.1, 0.15) is 12.4 Å². The molecular formula is C16H22N2O. The lowest BCUT2D eigenvalue weighted by atomic mass is 9.90. The van der Waals surface area contributed by atoms with Gasteiger partial charge in [-0.3, -0.25) is 0 Å². The lowest BCUT2D eigenvalue weighted by Gasteiger charge is -2.38. The molecule has 1 aromatic carbocycles. The molecular weight excluding hydrogens is 236 g/mol. The Labute approximate surface area is 115 Å². The predicted octanol–water partition coefficient (Wildman–Crippen LogP) is 2.51. The largest absolute Gasteiger partial charge is 0.489 e. The number of benzene rings is 1. The number of rotatable bonds is 1. The van der Waals surface area contributed by atoms with Gasteiger partial charge >= 0.3 is 0 Å². The van der Waals surface area contributed by atoms with Gasteiger partial charge in [-0.15, -0.1) is 0 Å². The number of fused-ring (bicyclic) bond motifs is 1. The van der Waals surface area contributed by atoms with Gasteiger partial charge in [0.05, 0.1) is 0 Å². The fourth-order valence-electron chi connectivity index (χ4n) is 3.13. The summed E-state index contributed by atoms with van der Waals surface area (Å²) < 4.78 is 5.56. The van der Waals surface area contributed by atoms with E-state index in [9.17, 15) is 0 Å². The van der Waals surface area contributed by atoms with Crippen LogP contribution in [0.3, 0.4) is 0 Å². The van der Waals surface area contributed by atoms with Crippen molar-refractivity contribution >= 4 is 5.76 Å². The van der Waals surface area contributed by atoms with Gasteiger partial charge < -0.3 is 15.4 Å². The quantitative estimate of drug-likeness (QED) is 0.812. The number of ether oxygens (including phenoxy) is 1. The molecule has 0 amide bonds.